The Morgan fingerprint density at radius 2 is 2.22 bits per heavy atom. The second-order valence-electron chi connectivity index (χ2n) is 3.52. The van der Waals surface area contributed by atoms with E-state index < -0.39 is 5.76 Å². The molecule has 0 unspecified atom stereocenters. The predicted octanol–water partition coefficient (Wildman–Crippen LogP) is 2.10. The molecule has 4 nitrogen and oxygen atoms in total. The Morgan fingerprint density at radius 3 is 2.89 bits per heavy atom. The van der Waals surface area contributed by atoms with Crippen LogP contribution < -0.4 is 5.32 Å². The molecule has 0 saturated carbocycles. The Morgan fingerprint density at radius 1 is 1.50 bits per heavy atom. The molecule has 1 amide bonds. The fourth-order valence-electron chi connectivity index (χ4n) is 1.60. The number of halogens is 2. The van der Waals surface area contributed by atoms with Gasteiger partial charge in [0, 0.05) is 7.05 Å². The lowest BCUT2D eigenvalue weighted by Gasteiger charge is -2.07. The maximum absolute atomic E-state index is 12.5. The number of nitrogens with one attached hydrogen (secondary N) is 1. The van der Waals surface area contributed by atoms with Crippen LogP contribution in [-0.4, -0.2) is 28.3 Å². The van der Waals surface area contributed by atoms with Gasteiger partial charge in [0.1, 0.15) is 6.54 Å². The second-order valence-corrected chi connectivity index (χ2v) is 4.48. The van der Waals surface area contributed by atoms with E-state index in [1.54, 1.807) is 24.3 Å². The van der Waals surface area contributed by atoms with Crippen molar-refractivity contribution in [2.24, 2.45) is 0 Å². The minimum absolute atomic E-state index is 0.0218. The quantitative estimate of drug-likeness (QED) is 0.866. The fraction of sp³-hybridized carbons (Fsp3) is 0.273. The van der Waals surface area contributed by atoms with Crippen LogP contribution in [0.25, 0.3) is 11.0 Å². The van der Waals surface area contributed by atoms with Gasteiger partial charge in [0.15, 0.2) is 5.16 Å². The summed E-state index contributed by atoms with van der Waals surface area (Å²) in [5.74, 6) is -2.82. The van der Waals surface area contributed by atoms with Crippen molar-refractivity contribution in [3.05, 3.63) is 24.3 Å². The minimum atomic E-state index is -2.56. The first-order valence-electron chi connectivity index (χ1n) is 5.22. The number of imidazole rings is 1. The summed E-state index contributed by atoms with van der Waals surface area (Å²) in [7, 11) is 1.50. The number of hydrogen-bond donors (Lipinski definition) is 1. The number of para-hydroxylation sites is 2. The number of benzene rings is 1. The van der Waals surface area contributed by atoms with Crippen LogP contribution in [-0.2, 0) is 11.3 Å². The van der Waals surface area contributed by atoms with Crippen LogP contribution in [0.2, 0.25) is 0 Å². The Hall–Kier alpha value is -1.63. The molecule has 96 valence electrons. The summed E-state index contributed by atoms with van der Waals surface area (Å²) in [5, 5.41) is 2.61. The molecule has 7 heteroatoms. The van der Waals surface area contributed by atoms with E-state index in [1.165, 1.54) is 11.6 Å². The van der Waals surface area contributed by atoms with Crippen molar-refractivity contribution in [1.82, 2.24) is 14.9 Å². The largest absolute Gasteiger partial charge is 0.358 e. The molecule has 0 spiro atoms. The molecular formula is C11H11F2N3OS. The third-order valence-electron chi connectivity index (χ3n) is 2.39. The van der Waals surface area contributed by atoms with Gasteiger partial charge in [-0.1, -0.05) is 12.1 Å². The second kappa shape index (κ2) is 5.34. The van der Waals surface area contributed by atoms with Crippen molar-refractivity contribution >= 4 is 28.7 Å². The van der Waals surface area contributed by atoms with Crippen molar-refractivity contribution in [3.8, 4) is 0 Å². The number of likely N-dealkylation sites (N-methyl/N-ethyl adjacent to an activating group) is 1. The lowest BCUT2D eigenvalue weighted by molar-refractivity contribution is -0.121. The number of rotatable bonds is 4. The molecule has 0 atom stereocenters. The summed E-state index contributed by atoms with van der Waals surface area (Å²) in [5.41, 5.74) is 1.27. The predicted molar refractivity (Wildman–Crippen MR) is 65.7 cm³/mol. The molecule has 2 aromatic rings. The number of hydrogen-bond acceptors (Lipinski definition) is 3. The third kappa shape index (κ3) is 2.61. The van der Waals surface area contributed by atoms with Crippen LogP contribution in [0.4, 0.5) is 8.78 Å². The Labute approximate surface area is 106 Å². The summed E-state index contributed by atoms with van der Waals surface area (Å²) in [4.78, 5) is 15.5. The van der Waals surface area contributed by atoms with Gasteiger partial charge >= 0.3 is 0 Å². The highest BCUT2D eigenvalue weighted by Crippen LogP contribution is 2.28. The van der Waals surface area contributed by atoms with Gasteiger partial charge in [-0.25, -0.2) is 4.98 Å². The van der Waals surface area contributed by atoms with Crippen molar-refractivity contribution in [1.29, 1.82) is 0 Å². The van der Waals surface area contributed by atoms with E-state index in [9.17, 15) is 13.6 Å². The summed E-state index contributed by atoms with van der Waals surface area (Å²) in [6, 6.07) is 7.03. The molecular weight excluding hydrogens is 260 g/mol. The minimum Gasteiger partial charge on any atom is -0.358 e. The molecule has 0 saturated heterocycles. The van der Waals surface area contributed by atoms with Gasteiger partial charge in [0.25, 0.3) is 5.76 Å². The SMILES string of the molecule is CNC(=O)Cn1c(SC(F)F)nc2ccccc21. The van der Waals surface area contributed by atoms with E-state index in [-0.39, 0.29) is 17.6 Å². The van der Waals surface area contributed by atoms with Gasteiger partial charge in [-0.2, -0.15) is 8.78 Å². The van der Waals surface area contributed by atoms with Crippen molar-refractivity contribution < 1.29 is 13.6 Å². The summed E-state index contributed by atoms with van der Waals surface area (Å²) >= 11 is 0.342. The van der Waals surface area contributed by atoms with E-state index in [4.69, 9.17) is 0 Å². The molecule has 0 aliphatic carbocycles. The van der Waals surface area contributed by atoms with Crippen LogP contribution in [0, 0.1) is 0 Å². The van der Waals surface area contributed by atoms with E-state index >= 15 is 0 Å². The summed E-state index contributed by atoms with van der Waals surface area (Å²) in [6.07, 6.45) is 0. The van der Waals surface area contributed by atoms with Crippen molar-refractivity contribution in [2.75, 3.05) is 7.05 Å². The van der Waals surface area contributed by atoms with Gasteiger partial charge in [-0.05, 0) is 23.9 Å². The molecule has 1 heterocycles. The zero-order chi connectivity index (χ0) is 13.1. The number of aromatic nitrogens is 2. The normalized spacial score (nSPS) is 11.1. The zero-order valence-electron chi connectivity index (χ0n) is 9.56. The molecule has 0 aliphatic heterocycles. The molecule has 0 fully saturated rings. The van der Waals surface area contributed by atoms with Gasteiger partial charge < -0.3 is 9.88 Å². The van der Waals surface area contributed by atoms with Gasteiger partial charge in [-0.3, -0.25) is 4.79 Å². The average Bonchev–Trinajstić information content (AvgIpc) is 2.66. The number of thioether (sulfide) groups is 1. The number of carbonyl (C=O) groups excluding carboxylic acids is 1. The zero-order valence-corrected chi connectivity index (χ0v) is 10.4. The highest BCUT2D eigenvalue weighted by Gasteiger charge is 2.17. The van der Waals surface area contributed by atoms with Crippen molar-refractivity contribution in [2.45, 2.75) is 17.5 Å². The first-order chi connectivity index (χ1) is 8.61. The van der Waals surface area contributed by atoms with E-state index in [1.807, 2.05) is 0 Å². The maximum Gasteiger partial charge on any atom is 0.291 e. The highest BCUT2D eigenvalue weighted by atomic mass is 32.2. The molecule has 0 aliphatic rings. The monoisotopic (exact) mass is 271 g/mol. The standard InChI is InChI=1S/C11H11F2N3OS/c1-14-9(17)6-16-8-5-3-2-4-7(8)15-11(16)18-10(12)13/h2-5,10H,6H2,1H3,(H,14,17). The molecule has 18 heavy (non-hydrogen) atoms. The van der Waals surface area contributed by atoms with Gasteiger partial charge in [-0.15, -0.1) is 0 Å². The van der Waals surface area contributed by atoms with Gasteiger partial charge in [0.2, 0.25) is 5.91 Å². The maximum atomic E-state index is 12.5. The van der Waals surface area contributed by atoms with E-state index in [2.05, 4.69) is 10.3 Å². The molecule has 1 N–H and O–H groups in total. The number of nitrogens with zero attached hydrogens (tertiary/aromatic N) is 2. The van der Waals surface area contributed by atoms with Crippen LogP contribution >= 0.6 is 11.8 Å². The Balaban J connectivity index is 2.47. The van der Waals surface area contributed by atoms with Crippen LogP contribution in [0.3, 0.4) is 0 Å². The van der Waals surface area contributed by atoms with Crippen LogP contribution in [0.15, 0.2) is 29.4 Å². The van der Waals surface area contributed by atoms with E-state index in [0.717, 1.165) is 0 Å². The lowest BCUT2D eigenvalue weighted by Crippen LogP contribution is -2.23. The van der Waals surface area contributed by atoms with Crippen LogP contribution in [0.1, 0.15) is 0 Å². The third-order valence-corrected chi connectivity index (χ3v) is 3.10. The molecule has 2 rings (SSSR count). The molecule has 1 aromatic carbocycles. The fourth-order valence-corrected chi connectivity index (χ4v) is 2.20. The molecule has 0 bridgehead atoms. The average molecular weight is 271 g/mol. The number of amides is 1. The number of fused-ring (bicyclic) bond motifs is 1. The molecule has 0 radical (unpaired) electrons. The first-order valence-corrected chi connectivity index (χ1v) is 6.10. The Bertz CT molecular complexity index is 570. The lowest BCUT2D eigenvalue weighted by atomic mass is 10.3. The first kappa shape index (κ1) is 12.8. The topological polar surface area (TPSA) is 46.9 Å². The Kier molecular flexibility index (Phi) is 3.81. The van der Waals surface area contributed by atoms with Crippen LogP contribution in [0.5, 0.6) is 0 Å². The number of alkyl halides is 2. The summed E-state index contributed by atoms with van der Waals surface area (Å²) in [6.45, 7) is -0.0218. The molecule has 1 aromatic heterocycles. The van der Waals surface area contributed by atoms with Crippen molar-refractivity contribution in [3.63, 3.8) is 0 Å². The smallest absolute Gasteiger partial charge is 0.291 e. The number of carbonyl (C=O) groups is 1. The van der Waals surface area contributed by atoms with Gasteiger partial charge in [0.05, 0.1) is 11.0 Å². The van der Waals surface area contributed by atoms with E-state index in [0.29, 0.717) is 22.8 Å². The highest BCUT2D eigenvalue weighted by molar-refractivity contribution is 7.99. The summed E-state index contributed by atoms with van der Waals surface area (Å²) < 4.78 is 26.4.